The van der Waals surface area contributed by atoms with Crippen molar-refractivity contribution in [2.24, 2.45) is 0 Å². The third kappa shape index (κ3) is 5.07. The highest BCUT2D eigenvalue weighted by Crippen LogP contribution is 2.18. The third-order valence-electron chi connectivity index (χ3n) is 2.70. The van der Waals surface area contributed by atoms with E-state index in [-0.39, 0.29) is 12.1 Å². The molecule has 0 bridgehead atoms. The highest BCUT2D eigenvalue weighted by atomic mass is 32.1. The molecule has 1 aromatic heterocycles. The molecule has 0 fully saturated rings. The number of rotatable bonds is 5. The Bertz CT molecular complexity index is 592. The summed E-state index contributed by atoms with van der Waals surface area (Å²) in [7, 11) is 0. The number of carbonyl (C=O) groups excluding carboxylic acids is 1. The maximum Gasteiger partial charge on any atom is 0.319 e. The van der Waals surface area contributed by atoms with Crippen molar-refractivity contribution in [1.29, 1.82) is 0 Å². The topological polar surface area (TPSA) is 66.0 Å². The molecule has 2 rings (SSSR count). The molecule has 21 heavy (non-hydrogen) atoms. The van der Waals surface area contributed by atoms with Crippen LogP contribution in [0.15, 0.2) is 30.5 Å². The lowest BCUT2D eigenvalue weighted by atomic mass is 10.2. The van der Waals surface area contributed by atoms with Crippen molar-refractivity contribution < 1.29 is 4.79 Å². The van der Waals surface area contributed by atoms with Gasteiger partial charge in [-0.15, -0.1) is 11.3 Å². The lowest BCUT2D eigenvalue weighted by molar-refractivity contribution is 0.250. The first-order chi connectivity index (χ1) is 10.0. The number of anilines is 2. The van der Waals surface area contributed by atoms with Crippen molar-refractivity contribution in [3.05, 3.63) is 40.9 Å². The fourth-order valence-corrected chi connectivity index (χ4v) is 2.41. The quantitative estimate of drug-likeness (QED) is 0.791. The molecule has 2 aromatic rings. The Hall–Kier alpha value is -2.08. The van der Waals surface area contributed by atoms with Crippen LogP contribution in [0.4, 0.5) is 15.6 Å². The molecule has 2 amide bonds. The van der Waals surface area contributed by atoms with Crippen LogP contribution in [-0.2, 0) is 6.54 Å². The summed E-state index contributed by atoms with van der Waals surface area (Å²) in [5.41, 5.74) is 1.92. The van der Waals surface area contributed by atoms with Gasteiger partial charge >= 0.3 is 6.03 Å². The smallest absolute Gasteiger partial charge is 0.319 e. The Balaban J connectivity index is 1.85. The van der Waals surface area contributed by atoms with Crippen LogP contribution in [-0.4, -0.2) is 17.1 Å². The molecule has 0 aliphatic heterocycles. The van der Waals surface area contributed by atoms with E-state index in [0.717, 1.165) is 16.4 Å². The minimum Gasteiger partial charge on any atom is -0.357 e. The van der Waals surface area contributed by atoms with E-state index in [4.69, 9.17) is 0 Å². The molecular formula is C15H20N4OS. The summed E-state index contributed by atoms with van der Waals surface area (Å²) in [4.78, 5) is 17.0. The molecule has 1 heterocycles. The zero-order chi connectivity index (χ0) is 15.2. The van der Waals surface area contributed by atoms with Gasteiger partial charge in [0, 0.05) is 29.3 Å². The second-order valence-corrected chi connectivity index (χ2v) is 6.31. The molecule has 3 N–H and O–H groups in total. The first-order valence-electron chi connectivity index (χ1n) is 6.85. The standard InChI is InChI=1S/C15H20N4OS/c1-10(2)18-14(20)19-13-6-4-12(5-7-13)9-17-15-16-8-11(3)21-15/h4-8,10H,9H2,1-3H3,(H,16,17)(H2,18,19,20). The highest BCUT2D eigenvalue weighted by Gasteiger charge is 2.03. The van der Waals surface area contributed by atoms with Gasteiger partial charge in [0.2, 0.25) is 0 Å². The number of amides is 2. The van der Waals surface area contributed by atoms with E-state index in [2.05, 4.69) is 20.9 Å². The van der Waals surface area contributed by atoms with Gasteiger partial charge in [-0.05, 0) is 38.5 Å². The zero-order valence-corrected chi connectivity index (χ0v) is 13.3. The molecule has 0 aliphatic carbocycles. The number of carbonyl (C=O) groups is 1. The van der Waals surface area contributed by atoms with Crippen LogP contribution in [0.2, 0.25) is 0 Å². The maximum atomic E-state index is 11.6. The van der Waals surface area contributed by atoms with Gasteiger partial charge in [0.1, 0.15) is 0 Å². The summed E-state index contributed by atoms with van der Waals surface area (Å²) in [6, 6.07) is 7.69. The largest absolute Gasteiger partial charge is 0.357 e. The predicted octanol–water partition coefficient (Wildman–Crippen LogP) is 3.59. The number of hydrogen-bond donors (Lipinski definition) is 3. The number of nitrogens with zero attached hydrogens (tertiary/aromatic N) is 1. The number of hydrogen-bond acceptors (Lipinski definition) is 4. The van der Waals surface area contributed by atoms with E-state index in [9.17, 15) is 4.79 Å². The average molecular weight is 304 g/mol. The molecule has 0 unspecified atom stereocenters. The van der Waals surface area contributed by atoms with Gasteiger partial charge < -0.3 is 16.0 Å². The van der Waals surface area contributed by atoms with Crippen LogP contribution in [0.3, 0.4) is 0 Å². The SMILES string of the molecule is Cc1cnc(NCc2ccc(NC(=O)NC(C)C)cc2)s1. The Morgan fingerprint density at radius 1 is 1.29 bits per heavy atom. The van der Waals surface area contributed by atoms with Crippen LogP contribution in [0, 0.1) is 6.92 Å². The summed E-state index contributed by atoms with van der Waals surface area (Å²) >= 11 is 1.64. The van der Waals surface area contributed by atoms with Crippen molar-refractivity contribution in [2.75, 3.05) is 10.6 Å². The number of benzene rings is 1. The van der Waals surface area contributed by atoms with E-state index in [1.165, 1.54) is 4.88 Å². The van der Waals surface area contributed by atoms with Crippen LogP contribution in [0.5, 0.6) is 0 Å². The van der Waals surface area contributed by atoms with E-state index in [1.807, 2.05) is 51.2 Å². The molecular weight excluding hydrogens is 284 g/mol. The monoisotopic (exact) mass is 304 g/mol. The van der Waals surface area contributed by atoms with Crippen molar-refractivity contribution in [1.82, 2.24) is 10.3 Å². The molecule has 0 aliphatic rings. The Kier molecular flexibility index (Phi) is 5.16. The summed E-state index contributed by atoms with van der Waals surface area (Å²) in [6.45, 7) is 6.60. The second kappa shape index (κ2) is 7.08. The van der Waals surface area contributed by atoms with Crippen LogP contribution in [0.25, 0.3) is 0 Å². The lowest BCUT2D eigenvalue weighted by Crippen LogP contribution is -2.34. The van der Waals surface area contributed by atoms with E-state index >= 15 is 0 Å². The number of nitrogens with one attached hydrogen (secondary N) is 3. The van der Waals surface area contributed by atoms with Gasteiger partial charge in [-0.25, -0.2) is 9.78 Å². The Morgan fingerprint density at radius 2 is 2.00 bits per heavy atom. The summed E-state index contributed by atoms with van der Waals surface area (Å²) in [5, 5.41) is 9.78. The van der Waals surface area contributed by atoms with Gasteiger partial charge in [-0.2, -0.15) is 0 Å². The minimum atomic E-state index is -0.186. The van der Waals surface area contributed by atoms with Gasteiger partial charge in [-0.3, -0.25) is 0 Å². The van der Waals surface area contributed by atoms with E-state index in [0.29, 0.717) is 6.54 Å². The van der Waals surface area contributed by atoms with Gasteiger partial charge in [0.25, 0.3) is 0 Å². The third-order valence-corrected chi connectivity index (χ3v) is 3.57. The first-order valence-corrected chi connectivity index (χ1v) is 7.67. The molecule has 0 radical (unpaired) electrons. The highest BCUT2D eigenvalue weighted by molar-refractivity contribution is 7.15. The maximum absolute atomic E-state index is 11.6. The zero-order valence-electron chi connectivity index (χ0n) is 12.4. The Morgan fingerprint density at radius 3 is 2.57 bits per heavy atom. The van der Waals surface area contributed by atoms with E-state index < -0.39 is 0 Å². The molecule has 6 heteroatoms. The van der Waals surface area contributed by atoms with Crippen LogP contribution >= 0.6 is 11.3 Å². The molecule has 0 saturated heterocycles. The summed E-state index contributed by atoms with van der Waals surface area (Å²) in [5.74, 6) is 0. The fraction of sp³-hybridized carbons (Fsp3) is 0.333. The van der Waals surface area contributed by atoms with E-state index in [1.54, 1.807) is 11.3 Å². The number of urea groups is 1. The first kappa shape index (κ1) is 15.3. The van der Waals surface area contributed by atoms with Crippen molar-refractivity contribution >= 4 is 28.2 Å². The molecule has 0 atom stereocenters. The molecule has 5 nitrogen and oxygen atoms in total. The lowest BCUT2D eigenvalue weighted by Gasteiger charge is -2.10. The van der Waals surface area contributed by atoms with Gasteiger partial charge in [0.05, 0.1) is 0 Å². The van der Waals surface area contributed by atoms with Crippen molar-refractivity contribution in [3.63, 3.8) is 0 Å². The summed E-state index contributed by atoms with van der Waals surface area (Å²) < 4.78 is 0. The van der Waals surface area contributed by atoms with Gasteiger partial charge in [-0.1, -0.05) is 12.1 Å². The Labute approximate surface area is 128 Å². The summed E-state index contributed by atoms with van der Waals surface area (Å²) in [6.07, 6.45) is 1.85. The number of aryl methyl sites for hydroxylation is 1. The van der Waals surface area contributed by atoms with Gasteiger partial charge in [0.15, 0.2) is 5.13 Å². The normalized spacial score (nSPS) is 10.5. The second-order valence-electron chi connectivity index (χ2n) is 5.08. The molecule has 0 spiro atoms. The van der Waals surface area contributed by atoms with Crippen molar-refractivity contribution in [2.45, 2.75) is 33.4 Å². The predicted molar refractivity (Wildman–Crippen MR) is 87.9 cm³/mol. The average Bonchev–Trinajstić information content (AvgIpc) is 2.83. The minimum absolute atomic E-state index is 0.121. The molecule has 0 saturated carbocycles. The fourth-order valence-electron chi connectivity index (χ4n) is 1.75. The van der Waals surface area contributed by atoms with Crippen molar-refractivity contribution in [3.8, 4) is 0 Å². The number of aromatic nitrogens is 1. The van der Waals surface area contributed by atoms with Crippen LogP contribution < -0.4 is 16.0 Å². The number of thiazole rings is 1. The molecule has 112 valence electrons. The van der Waals surface area contributed by atoms with Crippen LogP contribution in [0.1, 0.15) is 24.3 Å². The molecule has 1 aromatic carbocycles.